The molecule has 0 atom stereocenters. The minimum Gasteiger partial charge on any atom is -0.497 e. The molecule has 0 fully saturated rings. The second kappa shape index (κ2) is 5.07. The number of nitriles is 2. The van der Waals surface area contributed by atoms with E-state index in [0.717, 1.165) is 22.6 Å². The molecule has 0 saturated carbocycles. The Labute approximate surface area is 105 Å². The maximum atomic E-state index is 8.69. The van der Waals surface area contributed by atoms with E-state index < -0.39 is 0 Å². The molecule has 0 N–H and O–H groups in total. The fourth-order valence-electron chi connectivity index (χ4n) is 1.65. The van der Waals surface area contributed by atoms with Gasteiger partial charge in [0, 0.05) is 11.6 Å². The van der Waals surface area contributed by atoms with Gasteiger partial charge in [-0.05, 0) is 29.9 Å². The van der Waals surface area contributed by atoms with Gasteiger partial charge in [-0.25, -0.2) is 0 Å². The molecular weight excluding hydrogens is 228 g/mol. The summed E-state index contributed by atoms with van der Waals surface area (Å²) in [5.74, 6) is 1.47. The molecule has 88 valence electrons. The van der Waals surface area contributed by atoms with Crippen LogP contribution < -0.4 is 9.47 Å². The van der Waals surface area contributed by atoms with E-state index >= 15 is 0 Å². The molecule has 0 spiro atoms. The van der Waals surface area contributed by atoms with Crippen molar-refractivity contribution in [3.05, 3.63) is 41.0 Å². The van der Waals surface area contributed by atoms with Crippen LogP contribution in [0.4, 0.5) is 0 Å². The standard InChI is InChI=1S/C14H10N2O2/c1-17-13-3-2-12-5-10(4-11(7-15)8-16)9-18-14(12)6-13/h2-6H,9H2,1H3. The summed E-state index contributed by atoms with van der Waals surface area (Å²) < 4.78 is 10.7. The van der Waals surface area contributed by atoms with Crippen molar-refractivity contribution < 1.29 is 9.47 Å². The fourth-order valence-corrected chi connectivity index (χ4v) is 1.65. The largest absolute Gasteiger partial charge is 0.497 e. The summed E-state index contributed by atoms with van der Waals surface area (Å²) in [6.45, 7) is 0.340. The van der Waals surface area contributed by atoms with Crippen molar-refractivity contribution in [2.24, 2.45) is 0 Å². The minimum absolute atomic E-state index is 0.0711. The summed E-state index contributed by atoms with van der Waals surface area (Å²) >= 11 is 0. The zero-order chi connectivity index (χ0) is 13.0. The number of rotatable bonds is 2. The Hall–Kier alpha value is -2.72. The van der Waals surface area contributed by atoms with Crippen LogP contribution in [0.2, 0.25) is 0 Å². The summed E-state index contributed by atoms with van der Waals surface area (Å²) in [5.41, 5.74) is 1.77. The third-order valence-electron chi connectivity index (χ3n) is 2.53. The number of methoxy groups -OCH3 is 1. The van der Waals surface area contributed by atoms with Crippen LogP contribution in [0.25, 0.3) is 6.08 Å². The number of ether oxygens (including phenoxy) is 2. The maximum absolute atomic E-state index is 8.69. The molecule has 0 bridgehead atoms. The van der Waals surface area contributed by atoms with Gasteiger partial charge < -0.3 is 9.47 Å². The summed E-state index contributed by atoms with van der Waals surface area (Å²) in [5, 5.41) is 17.4. The highest BCUT2D eigenvalue weighted by atomic mass is 16.5. The zero-order valence-corrected chi connectivity index (χ0v) is 9.80. The highest BCUT2D eigenvalue weighted by Crippen LogP contribution is 2.30. The van der Waals surface area contributed by atoms with Crippen LogP contribution in [0.5, 0.6) is 11.5 Å². The van der Waals surface area contributed by atoms with Crippen molar-refractivity contribution in [1.29, 1.82) is 10.5 Å². The molecule has 0 aliphatic carbocycles. The van der Waals surface area contributed by atoms with Gasteiger partial charge in [0.1, 0.15) is 35.8 Å². The first-order valence-corrected chi connectivity index (χ1v) is 5.30. The number of nitrogens with zero attached hydrogens (tertiary/aromatic N) is 2. The maximum Gasteiger partial charge on any atom is 0.130 e. The lowest BCUT2D eigenvalue weighted by Gasteiger charge is -2.16. The third-order valence-corrected chi connectivity index (χ3v) is 2.53. The van der Waals surface area contributed by atoms with Crippen molar-refractivity contribution >= 4 is 6.08 Å². The molecular formula is C14H10N2O2. The predicted octanol–water partition coefficient (Wildman–Crippen LogP) is 2.44. The Bertz CT molecular complexity index is 600. The lowest BCUT2D eigenvalue weighted by Crippen LogP contribution is -2.06. The Morgan fingerprint density at radius 2 is 2.17 bits per heavy atom. The SMILES string of the molecule is COc1ccc2c(c1)OCC(C=C(C#N)C#N)=C2. The quantitative estimate of drug-likeness (QED) is 0.742. The molecule has 0 amide bonds. The molecule has 1 heterocycles. The first-order chi connectivity index (χ1) is 8.76. The van der Waals surface area contributed by atoms with Crippen LogP contribution in [-0.2, 0) is 0 Å². The van der Waals surface area contributed by atoms with E-state index in [0.29, 0.717) is 6.61 Å². The number of hydrogen-bond acceptors (Lipinski definition) is 4. The second-order valence-corrected chi connectivity index (χ2v) is 3.69. The van der Waals surface area contributed by atoms with Crippen LogP contribution in [0.15, 0.2) is 35.4 Å². The van der Waals surface area contributed by atoms with Gasteiger partial charge >= 0.3 is 0 Å². The zero-order valence-electron chi connectivity index (χ0n) is 9.80. The molecule has 1 aliphatic rings. The van der Waals surface area contributed by atoms with Gasteiger partial charge in [-0.1, -0.05) is 0 Å². The van der Waals surface area contributed by atoms with Crippen molar-refractivity contribution in [2.75, 3.05) is 13.7 Å². The Balaban J connectivity index is 2.35. The van der Waals surface area contributed by atoms with Gasteiger partial charge in [0.2, 0.25) is 0 Å². The van der Waals surface area contributed by atoms with Crippen molar-refractivity contribution in [3.8, 4) is 23.6 Å². The van der Waals surface area contributed by atoms with Gasteiger partial charge in [-0.3, -0.25) is 0 Å². The molecule has 1 aromatic rings. The number of allylic oxidation sites excluding steroid dienone is 1. The summed E-state index contributed by atoms with van der Waals surface area (Å²) in [7, 11) is 1.60. The van der Waals surface area contributed by atoms with Crippen LogP contribution in [0.1, 0.15) is 5.56 Å². The van der Waals surface area contributed by atoms with Gasteiger partial charge in [0.25, 0.3) is 0 Å². The van der Waals surface area contributed by atoms with Gasteiger partial charge in [0.15, 0.2) is 0 Å². The molecule has 1 aliphatic heterocycles. The lowest BCUT2D eigenvalue weighted by molar-refractivity contribution is 0.346. The third kappa shape index (κ3) is 2.34. The van der Waals surface area contributed by atoms with Crippen LogP contribution in [-0.4, -0.2) is 13.7 Å². The molecule has 0 radical (unpaired) electrons. The van der Waals surface area contributed by atoms with Crippen LogP contribution >= 0.6 is 0 Å². The molecule has 0 unspecified atom stereocenters. The Morgan fingerprint density at radius 1 is 1.39 bits per heavy atom. The average Bonchev–Trinajstić information content (AvgIpc) is 2.44. The number of hydrogen-bond donors (Lipinski definition) is 0. The summed E-state index contributed by atoms with van der Waals surface area (Å²) in [4.78, 5) is 0. The number of fused-ring (bicyclic) bond motifs is 1. The van der Waals surface area contributed by atoms with Gasteiger partial charge in [-0.2, -0.15) is 10.5 Å². The number of benzene rings is 1. The van der Waals surface area contributed by atoms with E-state index in [2.05, 4.69) is 0 Å². The van der Waals surface area contributed by atoms with E-state index in [-0.39, 0.29) is 5.57 Å². The molecule has 4 heteroatoms. The summed E-state index contributed by atoms with van der Waals surface area (Å²) in [6.07, 6.45) is 3.43. The van der Waals surface area contributed by atoms with Crippen LogP contribution in [0.3, 0.4) is 0 Å². The van der Waals surface area contributed by atoms with Crippen molar-refractivity contribution in [2.45, 2.75) is 0 Å². The Morgan fingerprint density at radius 3 is 2.83 bits per heavy atom. The van der Waals surface area contributed by atoms with Crippen molar-refractivity contribution in [1.82, 2.24) is 0 Å². The molecule has 4 nitrogen and oxygen atoms in total. The van der Waals surface area contributed by atoms with Crippen molar-refractivity contribution in [3.63, 3.8) is 0 Å². The predicted molar refractivity (Wildman–Crippen MR) is 65.8 cm³/mol. The topological polar surface area (TPSA) is 66.0 Å². The van der Waals surface area contributed by atoms with Gasteiger partial charge in [-0.15, -0.1) is 0 Å². The molecule has 2 rings (SSSR count). The fraction of sp³-hybridized carbons (Fsp3) is 0.143. The highest BCUT2D eigenvalue weighted by molar-refractivity contribution is 5.66. The summed E-state index contributed by atoms with van der Waals surface area (Å²) in [6, 6.07) is 9.17. The molecule has 18 heavy (non-hydrogen) atoms. The second-order valence-electron chi connectivity index (χ2n) is 3.69. The van der Waals surface area contributed by atoms with Crippen LogP contribution in [0, 0.1) is 22.7 Å². The molecule has 0 saturated heterocycles. The van der Waals surface area contributed by atoms with E-state index in [1.165, 1.54) is 6.08 Å². The molecule has 1 aromatic carbocycles. The van der Waals surface area contributed by atoms with E-state index in [1.54, 1.807) is 7.11 Å². The Kier molecular flexibility index (Phi) is 3.31. The molecule has 0 aromatic heterocycles. The van der Waals surface area contributed by atoms with E-state index in [9.17, 15) is 0 Å². The van der Waals surface area contributed by atoms with E-state index in [1.807, 2.05) is 36.4 Å². The first-order valence-electron chi connectivity index (χ1n) is 5.30. The lowest BCUT2D eigenvalue weighted by atomic mass is 10.1. The van der Waals surface area contributed by atoms with Gasteiger partial charge in [0.05, 0.1) is 7.11 Å². The normalized spacial score (nSPS) is 12.1. The highest BCUT2D eigenvalue weighted by Gasteiger charge is 2.11. The minimum atomic E-state index is 0.0711. The first kappa shape index (κ1) is 11.8. The monoisotopic (exact) mass is 238 g/mol. The smallest absolute Gasteiger partial charge is 0.130 e. The van der Waals surface area contributed by atoms with E-state index in [4.69, 9.17) is 20.0 Å². The average molecular weight is 238 g/mol.